The quantitative estimate of drug-likeness (QED) is 0.909. The zero-order valence-corrected chi connectivity index (χ0v) is 11.2. The number of benzene rings is 1. The summed E-state index contributed by atoms with van der Waals surface area (Å²) in [4.78, 5) is 11.8. The van der Waals surface area contributed by atoms with Gasteiger partial charge in [0.1, 0.15) is 11.6 Å². The van der Waals surface area contributed by atoms with Gasteiger partial charge in [-0.25, -0.2) is 4.39 Å². The lowest BCUT2D eigenvalue weighted by Crippen LogP contribution is -2.43. The molecule has 2 atom stereocenters. The number of halogens is 1. The minimum Gasteiger partial charge on any atom is -0.484 e. The Balaban J connectivity index is 1.78. The van der Waals surface area contributed by atoms with Crippen LogP contribution in [0.15, 0.2) is 24.3 Å². The second-order valence-electron chi connectivity index (χ2n) is 5.18. The van der Waals surface area contributed by atoms with Gasteiger partial charge >= 0.3 is 0 Å². The molecule has 1 aromatic rings. The van der Waals surface area contributed by atoms with E-state index in [0.29, 0.717) is 11.7 Å². The van der Waals surface area contributed by atoms with E-state index in [-0.39, 0.29) is 24.4 Å². The van der Waals surface area contributed by atoms with E-state index in [1.54, 1.807) is 12.1 Å². The molecule has 1 aliphatic rings. The van der Waals surface area contributed by atoms with E-state index in [9.17, 15) is 9.18 Å². The summed E-state index contributed by atoms with van der Waals surface area (Å²) in [6, 6.07) is 6.07. The first-order valence-corrected chi connectivity index (χ1v) is 6.83. The molecule has 2 rings (SSSR count). The number of hydrogen-bond acceptors (Lipinski definition) is 2. The Morgan fingerprint density at radius 1 is 1.42 bits per heavy atom. The maximum Gasteiger partial charge on any atom is 0.258 e. The molecule has 1 fully saturated rings. The summed E-state index contributed by atoms with van der Waals surface area (Å²) in [5.41, 5.74) is 0. The van der Waals surface area contributed by atoms with Gasteiger partial charge in [-0.15, -0.1) is 0 Å². The Kier molecular flexibility index (Phi) is 4.77. The SMILES string of the molecule is CC1CCCCC1NC(=O)COc1cccc(F)c1. The van der Waals surface area contributed by atoms with Gasteiger partial charge in [0, 0.05) is 12.1 Å². The molecule has 0 spiro atoms. The molecule has 19 heavy (non-hydrogen) atoms. The standard InChI is InChI=1S/C15H20FNO2/c1-11-5-2-3-8-14(11)17-15(18)10-19-13-7-4-6-12(16)9-13/h4,6-7,9,11,14H,2-3,5,8,10H2,1H3,(H,17,18). The van der Waals surface area contributed by atoms with E-state index < -0.39 is 0 Å². The van der Waals surface area contributed by atoms with Crippen molar-refractivity contribution in [2.45, 2.75) is 38.6 Å². The monoisotopic (exact) mass is 265 g/mol. The maximum absolute atomic E-state index is 12.9. The lowest BCUT2D eigenvalue weighted by atomic mass is 9.86. The van der Waals surface area contributed by atoms with Gasteiger partial charge in [0.05, 0.1) is 0 Å². The maximum atomic E-state index is 12.9. The highest BCUT2D eigenvalue weighted by Gasteiger charge is 2.22. The zero-order chi connectivity index (χ0) is 13.7. The Morgan fingerprint density at radius 3 is 2.95 bits per heavy atom. The van der Waals surface area contributed by atoms with Crippen LogP contribution in [0.1, 0.15) is 32.6 Å². The topological polar surface area (TPSA) is 38.3 Å². The summed E-state index contributed by atoms with van der Waals surface area (Å²) >= 11 is 0. The molecule has 3 nitrogen and oxygen atoms in total. The first-order valence-electron chi connectivity index (χ1n) is 6.83. The van der Waals surface area contributed by atoms with Gasteiger partial charge in [-0.3, -0.25) is 4.79 Å². The normalized spacial score (nSPS) is 22.8. The van der Waals surface area contributed by atoms with Gasteiger partial charge < -0.3 is 10.1 Å². The Labute approximate surface area is 113 Å². The van der Waals surface area contributed by atoms with E-state index >= 15 is 0 Å². The number of carbonyl (C=O) groups excluding carboxylic acids is 1. The van der Waals surface area contributed by atoms with Crippen LogP contribution in [0.4, 0.5) is 4.39 Å². The molecular formula is C15H20FNO2. The van der Waals surface area contributed by atoms with Crippen LogP contribution in [-0.4, -0.2) is 18.6 Å². The molecule has 4 heteroatoms. The van der Waals surface area contributed by atoms with Crippen LogP contribution in [0.5, 0.6) is 5.75 Å². The van der Waals surface area contributed by atoms with Crippen LogP contribution in [0.3, 0.4) is 0 Å². The Morgan fingerprint density at radius 2 is 2.21 bits per heavy atom. The van der Waals surface area contributed by atoms with Crippen molar-refractivity contribution in [1.29, 1.82) is 0 Å². The fourth-order valence-corrected chi connectivity index (χ4v) is 2.48. The smallest absolute Gasteiger partial charge is 0.258 e. The predicted molar refractivity (Wildman–Crippen MR) is 71.5 cm³/mol. The summed E-state index contributed by atoms with van der Waals surface area (Å²) in [5.74, 6) is 0.403. The van der Waals surface area contributed by atoms with E-state index in [1.807, 2.05) is 0 Å². The van der Waals surface area contributed by atoms with Crippen molar-refractivity contribution in [2.24, 2.45) is 5.92 Å². The molecule has 0 aliphatic heterocycles. The first kappa shape index (κ1) is 13.8. The minimum atomic E-state index is -0.362. The molecule has 0 radical (unpaired) electrons. The molecular weight excluding hydrogens is 245 g/mol. The average Bonchev–Trinajstić information content (AvgIpc) is 2.39. The number of rotatable bonds is 4. The summed E-state index contributed by atoms with van der Waals surface area (Å²) < 4.78 is 18.2. The van der Waals surface area contributed by atoms with Gasteiger partial charge in [-0.1, -0.05) is 25.8 Å². The van der Waals surface area contributed by atoms with E-state index in [2.05, 4.69) is 12.2 Å². The molecule has 0 heterocycles. The van der Waals surface area contributed by atoms with E-state index in [1.165, 1.54) is 25.0 Å². The van der Waals surface area contributed by atoms with Gasteiger partial charge in [0.15, 0.2) is 6.61 Å². The van der Waals surface area contributed by atoms with E-state index in [4.69, 9.17) is 4.74 Å². The van der Waals surface area contributed by atoms with Crippen molar-refractivity contribution in [2.75, 3.05) is 6.61 Å². The second-order valence-corrected chi connectivity index (χ2v) is 5.18. The number of ether oxygens (including phenoxy) is 1. The Hall–Kier alpha value is -1.58. The number of carbonyl (C=O) groups is 1. The highest BCUT2D eigenvalue weighted by atomic mass is 19.1. The predicted octanol–water partition coefficient (Wildman–Crippen LogP) is 2.90. The summed E-state index contributed by atoms with van der Waals surface area (Å²) in [5, 5.41) is 3.00. The van der Waals surface area contributed by atoms with Crippen LogP contribution in [-0.2, 0) is 4.79 Å². The molecule has 1 saturated carbocycles. The number of nitrogens with one attached hydrogen (secondary N) is 1. The van der Waals surface area contributed by atoms with Crippen LogP contribution in [0.25, 0.3) is 0 Å². The molecule has 1 amide bonds. The molecule has 1 aromatic carbocycles. The molecule has 104 valence electrons. The van der Waals surface area contributed by atoms with Gasteiger partial charge in [0.25, 0.3) is 5.91 Å². The number of amides is 1. The third-order valence-corrected chi connectivity index (χ3v) is 3.62. The van der Waals surface area contributed by atoms with Crippen molar-refractivity contribution >= 4 is 5.91 Å². The second kappa shape index (κ2) is 6.55. The van der Waals surface area contributed by atoms with Gasteiger partial charge in [0.2, 0.25) is 0 Å². The van der Waals surface area contributed by atoms with Crippen molar-refractivity contribution < 1.29 is 13.9 Å². The van der Waals surface area contributed by atoms with Crippen LogP contribution in [0, 0.1) is 11.7 Å². The third-order valence-electron chi connectivity index (χ3n) is 3.62. The van der Waals surface area contributed by atoms with Crippen molar-refractivity contribution in [3.05, 3.63) is 30.1 Å². The van der Waals surface area contributed by atoms with Gasteiger partial charge in [-0.05, 0) is 30.9 Å². The zero-order valence-electron chi connectivity index (χ0n) is 11.2. The fraction of sp³-hybridized carbons (Fsp3) is 0.533. The molecule has 1 N–H and O–H groups in total. The van der Waals surface area contributed by atoms with Crippen molar-refractivity contribution in [3.63, 3.8) is 0 Å². The molecule has 0 aromatic heterocycles. The first-order chi connectivity index (χ1) is 9.15. The van der Waals surface area contributed by atoms with Crippen molar-refractivity contribution in [1.82, 2.24) is 5.32 Å². The molecule has 0 bridgehead atoms. The molecule has 0 saturated heterocycles. The average molecular weight is 265 g/mol. The fourth-order valence-electron chi connectivity index (χ4n) is 2.48. The lowest BCUT2D eigenvalue weighted by molar-refractivity contribution is -0.124. The van der Waals surface area contributed by atoms with E-state index in [0.717, 1.165) is 12.8 Å². The number of hydrogen-bond donors (Lipinski definition) is 1. The largest absolute Gasteiger partial charge is 0.484 e. The highest BCUT2D eigenvalue weighted by Crippen LogP contribution is 2.23. The molecule has 2 unspecified atom stereocenters. The van der Waals surface area contributed by atoms with Crippen LogP contribution in [0.2, 0.25) is 0 Å². The van der Waals surface area contributed by atoms with Gasteiger partial charge in [-0.2, -0.15) is 0 Å². The molecule has 1 aliphatic carbocycles. The highest BCUT2D eigenvalue weighted by molar-refractivity contribution is 5.77. The summed E-state index contributed by atoms with van der Waals surface area (Å²) in [6.45, 7) is 2.10. The van der Waals surface area contributed by atoms with Crippen LogP contribution >= 0.6 is 0 Å². The third kappa shape index (κ3) is 4.23. The minimum absolute atomic E-state index is 0.0628. The van der Waals surface area contributed by atoms with Crippen molar-refractivity contribution in [3.8, 4) is 5.75 Å². The Bertz CT molecular complexity index is 436. The lowest BCUT2D eigenvalue weighted by Gasteiger charge is -2.29. The van der Waals surface area contributed by atoms with Crippen LogP contribution < -0.4 is 10.1 Å². The summed E-state index contributed by atoms with van der Waals surface area (Å²) in [7, 11) is 0. The summed E-state index contributed by atoms with van der Waals surface area (Å²) in [6.07, 6.45) is 4.61.